The minimum Gasteiger partial charge on any atom is -0.493 e. The van der Waals surface area contributed by atoms with Gasteiger partial charge in [0, 0.05) is 15.6 Å². The fourth-order valence-electron chi connectivity index (χ4n) is 3.18. The summed E-state index contributed by atoms with van der Waals surface area (Å²) in [5, 5.41) is 0. The lowest BCUT2D eigenvalue weighted by molar-refractivity contribution is 0.296. The summed E-state index contributed by atoms with van der Waals surface area (Å²) >= 11 is 3.66. The van der Waals surface area contributed by atoms with Crippen LogP contribution in [0.1, 0.15) is 43.2 Å². The lowest BCUT2D eigenvalue weighted by Crippen LogP contribution is -2.39. The summed E-state index contributed by atoms with van der Waals surface area (Å²) in [6.07, 6.45) is 5.72. The molecule has 1 aromatic carbocycles. The molecule has 106 valence electrons. The molecule has 0 spiro atoms. The lowest BCUT2D eigenvalue weighted by atomic mass is 9.76. The molecule has 1 saturated carbocycles. The van der Waals surface area contributed by atoms with Crippen molar-refractivity contribution in [2.45, 2.75) is 44.6 Å². The van der Waals surface area contributed by atoms with Crippen molar-refractivity contribution in [1.29, 1.82) is 0 Å². The SMILES string of the molecule is COc1cc(Br)c(C2(N)CCCCC2)c(C)c1OC. The molecular weight excluding hydrogens is 306 g/mol. The molecule has 1 aromatic rings. The molecular formula is C15H22BrNO2. The van der Waals surface area contributed by atoms with Gasteiger partial charge in [0.1, 0.15) is 0 Å². The number of hydrogen-bond acceptors (Lipinski definition) is 3. The molecule has 0 amide bonds. The van der Waals surface area contributed by atoms with Gasteiger partial charge in [0.25, 0.3) is 0 Å². The highest BCUT2D eigenvalue weighted by atomic mass is 79.9. The Bertz CT molecular complexity index is 468. The van der Waals surface area contributed by atoms with Crippen molar-refractivity contribution in [1.82, 2.24) is 0 Å². The summed E-state index contributed by atoms with van der Waals surface area (Å²) in [6.45, 7) is 2.06. The molecule has 0 aliphatic heterocycles. The van der Waals surface area contributed by atoms with Crippen molar-refractivity contribution in [2.24, 2.45) is 5.73 Å². The second-order valence-electron chi connectivity index (χ2n) is 5.31. The zero-order chi connectivity index (χ0) is 14.0. The molecule has 2 N–H and O–H groups in total. The average Bonchev–Trinajstić information content (AvgIpc) is 2.38. The first-order valence-electron chi connectivity index (χ1n) is 6.74. The summed E-state index contributed by atoms with van der Waals surface area (Å²) in [4.78, 5) is 0. The van der Waals surface area contributed by atoms with E-state index in [1.807, 2.05) is 6.07 Å². The Kier molecular flexibility index (Phi) is 4.41. The summed E-state index contributed by atoms with van der Waals surface area (Å²) in [5.74, 6) is 1.53. The van der Waals surface area contributed by atoms with E-state index in [2.05, 4.69) is 22.9 Å². The third kappa shape index (κ3) is 2.61. The van der Waals surface area contributed by atoms with Gasteiger partial charge in [0.15, 0.2) is 11.5 Å². The predicted molar refractivity (Wildman–Crippen MR) is 80.9 cm³/mol. The molecule has 0 saturated heterocycles. The van der Waals surface area contributed by atoms with Gasteiger partial charge in [-0.2, -0.15) is 0 Å². The number of hydrogen-bond donors (Lipinski definition) is 1. The smallest absolute Gasteiger partial charge is 0.164 e. The van der Waals surface area contributed by atoms with Crippen molar-refractivity contribution in [3.8, 4) is 11.5 Å². The Morgan fingerprint density at radius 2 is 1.79 bits per heavy atom. The van der Waals surface area contributed by atoms with Crippen molar-refractivity contribution < 1.29 is 9.47 Å². The molecule has 1 aliphatic rings. The van der Waals surface area contributed by atoms with Gasteiger partial charge < -0.3 is 15.2 Å². The van der Waals surface area contributed by atoms with Gasteiger partial charge in [-0.05, 0) is 31.4 Å². The molecule has 4 heteroatoms. The van der Waals surface area contributed by atoms with Crippen LogP contribution in [0.3, 0.4) is 0 Å². The molecule has 0 heterocycles. The highest BCUT2D eigenvalue weighted by molar-refractivity contribution is 9.10. The van der Waals surface area contributed by atoms with Crippen LogP contribution in [0.4, 0.5) is 0 Å². The topological polar surface area (TPSA) is 44.5 Å². The van der Waals surface area contributed by atoms with Crippen LogP contribution in [0.25, 0.3) is 0 Å². The molecule has 3 nitrogen and oxygen atoms in total. The maximum atomic E-state index is 6.67. The van der Waals surface area contributed by atoms with Gasteiger partial charge in [0.05, 0.1) is 14.2 Å². The fraction of sp³-hybridized carbons (Fsp3) is 0.600. The Morgan fingerprint density at radius 3 is 2.32 bits per heavy atom. The Labute approximate surface area is 123 Å². The summed E-state index contributed by atoms with van der Waals surface area (Å²) in [5.41, 5.74) is 8.67. The fourth-order valence-corrected chi connectivity index (χ4v) is 4.08. The van der Waals surface area contributed by atoms with E-state index in [0.29, 0.717) is 0 Å². The van der Waals surface area contributed by atoms with Crippen LogP contribution in [0.5, 0.6) is 11.5 Å². The monoisotopic (exact) mass is 327 g/mol. The van der Waals surface area contributed by atoms with E-state index in [-0.39, 0.29) is 5.54 Å². The molecule has 1 aliphatic carbocycles. The first kappa shape index (κ1) is 14.7. The quantitative estimate of drug-likeness (QED) is 0.915. The van der Waals surface area contributed by atoms with Crippen LogP contribution in [-0.4, -0.2) is 14.2 Å². The molecule has 0 bridgehead atoms. The molecule has 0 unspecified atom stereocenters. The zero-order valence-corrected chi connectivity index (χ0v) is 13.5. The van der Waals surface area contributed by atoms with Crippen molar-refractivity contribution in [2.75, 3.05) is 14.2 Å². The maximum Gasteiger partial charge on any atom is 0.164 e. The average molecular weight is 328 g/mol. The number of benzene rings is 1. The highest BCUT2D eigenvalue weighted by Gasteiger charge is 2.34. The van der Waals surface area contributed by atoms with Gasteiger partial charge in [-0.3, -0.25) is 0 Å². The van der Waals surface area contributed by atoms with Gasteiger partial charge >= 0.3 is 0 Å². The molecule has 1 fully saturated rings. The van der Waals surface area contributed by atoms with Crippen LogP contribution in [0.15, 0.2) is 10.5 Å². The van der Waals surface area contributed by atoms with Gasteiger partial charge in [-0.25, -0.2) is 0 Å². The standard InChI is InChI=1S/C15H22BrNO2/c1-10-13(15(17)7-5-4-6-8-15)11(16)9-12(18-2)14(10)19-3/h9H,4-8,17H2,1-3H3. The second-order valence-corrected chi connectivity index (χ2v) is 6.17. The van der Waals surface area contributed by atoms with E-state index >= 15 is 0 Å². The van der Waals surface area contributed by atoms with E-state index in [0.717, 1.165) is 34.4 Å². The third-order valence-electron chi connectivity index (χ3n) is 4.10. The molecule has 0 radical (unpaired) electrons. The molecule has 2 rings (SSSR count). The van der Waals surface area contributed by atoms with Crippen LogP contribution < -0.4 is 15.2 Å². The number of halogens is 1. The maximum absolute atomic E-state index is 6.67. The summed E-state index contributed by atoms with van der Waals surface area (Å²) in [6, 6.07) is 1.96. The Morgan fingerprint density at radius 1 is 1.16 bits per heavy atom. The lowest BCUT2D eigenvalue weighted by Gasteiger charge is -2.36. The minimum absolute atomic E-state index is 0.249. The Balaban J connectivity index is 2.56. The van der Waals surface area contributed by atoms with E-state index in [4.69, 9.17) is 15.2 Å². The third-order valence-corrected chi connectivity index (χ3v) is 4.73. The normalized spacial score (nSPS) is 18.2. The molecule has 0 aromatic heterocycles. The van der Waals surface area contributed by atoms with E-state index < -0.39 is 0 Å². The van der Waals surface area contributed by atoms with Crippen molar-refractivity contribution in [3.63, 3.8) is 0 Å². The van der Waals surface area contributed by atoms with E-state index in [1.54, 1.807) is 14.2 Å². The van der Waals surface area contributed by atoms with Crippen molar-refractivity contribution >= 4 is 15.9 Å². The van der Waals surface area contributed by atoms with Gasteiger partial charge in [0.2, 0.25) is 0 Å². The van der Waals surface area contributed by atoms with Crippen LogP contribution in [0, 0.1) is 6.92 Å². The van der Waals surface area contributed by atoms with E-state index in [9.17, 15) is 0 Å². The number of rotatable bonds is 3. The molecule has 19 heavy (non-hydrogen) atoms. The Hall–Kier alpha value is -0.740. The van der Waals surface area contributed by atoms with Crippen LogP contribution in [0.2, 0.25) is 0 Å². The van der Waals surface area contributed by atoms with Crippen LogP contribution >= 0.6 is 15.9 Å². The summed E-state index contributed by atoms with van der Waals surface area (Å²) in [7, 11) is 3.33. The highest BCUT2D eigenvalue weighted by Crippen LogP contribution is 2.45. The van der Waals surface area contributed by atoms with Crippen molar-refractivity contribution in [3.05, 3.63) is 21.7 Å². The van der Waals surface area contributed by atoms with Gasteiger partial charge in [-0.1, -0.05) is 35.2 Å². The summed E-state index contributed by atoms with van der Waals surface area (Å²) < 4.78 is 11.9. The zero-order valence-electron chi connectivity index (χ0n) is 11.9. The first-order chi connectivity index (χ1) is 9.03. The van der Waals surface area contributed by atoms with Gasteiger partial charge in [-0.15, -0.1) is 0 Å². The van der Waals surface area contributed by atoms with Crippen LogP contribution in [-0.2, 0) is 5.54 Å². The first-order valence-corrected chi connectivity index (χ1v) is 7.53. The number of methoxy groups -OCH3 is 2. The number of nitrogens with two attached hydrogens (primary N) is 1. The minimum atomic E-state index is -0.249. The van der Waals surface area contributed by atoms with E-state index in [1.165, 1.54) is 24.8 Å². The molecule has 0 atom stereocenters. The largest absolute Gasteiger partial charge is 0.493 e. The number of ether oxygens (including phenoxy) is 2. The predicted octanol–water partition coefficient (Wildman–Crippen LogP) is 3.89. The second kappa shape index (κ2) is 5.71.